The molecule has 32 heavy (non-hydrogen) atoms. The van der Waals surface area contributed by atoms with Gasteiger partial charge in [-0.3, -0.25) is 9.59 Å². The van der Waals surface area contributed by atoms with Crippen molar-refractivity contribution in [3.8, 4) is 5.75 Å². The highest BCUT2D eigenvalue weighted by molar-refractivity contribution is 6.46. The number of halogens is 1. The van der Waals surface area contributed by atoms with E-state index >= 15 is 0 Å². The van der Waals surface area contributed by atoms with Crippen molar-refractivity contribution in [2.75, 3.05) is 17.3 Å². The lowest BCUT2D eigenvalue weighted by atomic mass is 10.0. The summed E-state index contributed by atoms with van der Waals surface area (Å²) in [6.07, 6.45) is 0. The summed E-state index contributed by atoms with van der Waals surface area (Å²) in [5.74, 6) is -0.126. The molecule has 1 heterocycles. The van der Waals surface area contributed by atoms with Crippen LogP contribution in [0.25, 0.3) is 5.57 Å². The van der Waals surface area contributed by atoms with Gasteiger partial charge < -0.3 is 10.1 Å². The Kier molecular flexibility index (Phi) is 5.76. The molecule has 0 saturated carbocycles. The quantitative estimate of drug-likeness (QED) is 0.513. The third-order valence-electron chi connectivity index (χ3n) is 5.58. The van der Waals surface area contributed by atoms with Gasteiger partial charge >= 0.3 is 0 Å². The van der Waals surface area contributed by atoms with Gasteiger partial charge in [-0.1, -0.05) is 47.5 Å². The second-order valence-electron chi connectivity index (χ2n) is 7.75. The van der Waals surface area contributed by atoms with Crippen molar-refractivity contribution in [1.82, 2.24) is 0 Å². The molecule has 0 radical (unpaired) electrons. The first-order valence-electron chi connectivity index (χ1n) is 10.2. The molecule has 4 rings (SSSR count). The molecule has 0 aliphatic carbocycles. The number of carbonyl (C=O) groups is 2. The Morgan fingerprint density at radius 3 is 2.28 bits per heavy atom. The van der Waals surface area contributed by atoms with Crippen molar-refractivity contribution >= 4 is 40.4 Å². The topological polar surface area (TPSA) is 58.6 Å². The Hall–Kier alpha value is -3.57. The van der Waals surface area contributed by atoms with Crippen LogP contribution in [0.5, 0.6) is 5.75 Å². The Labute approximate surface area is 192 Å². The zero-order valence-corrected chi connectivity index (χ0v) is 19.1. The van der Waals surface area contributed by atoms with Gasteiger partial charge in [-0.25, -0.2) is 4.90 Å². The number of ether oxygens (including phenoxy) is 1. The third-order valence-corrected chi connectivity index (χ3v) is 5.99. The van der Waals surface area contributed by atoms with Crippen LogP contribution in [0, 0.1) is 20.8 Å². The molecule has 0 spiro atoms. The number of amides is 2. The van der Waals surface area contributed by atoms with E-state index in [0.717, 1.165) is 16.7 Å². The Morgan fingerprint density at radius 1 is 0.906 bits per heavy atom. The Bertz CT molecular complexity index is 1260. The minimum absolute atomic E-state index is 0.213. The number of carbonyl (C=O) groups excluding carboxylic acids is 2. The summed E-state index contributed by atoms with van der Waals surface area (Å²) in [4.78, 5) is 28.4. The maximum atomic E-state index is 13.6. The predicted octanol–water partition coefficient (Wildman–Crippen LogP) is 5.67. The standard InChI is InChI=1S/C26H23ClN2O3/c1-15-8-13-22(16(2)14-15)29-25(30)23(18-9-11-19(32-4)12-10-18)24(26(29)31)28-21-7-5-6-20(27)17(21)3/h5-14,28H,1-4H3. The van der Waals surface area contributed by atoms with E-state index in [9.17, 15) is 9.59 Å². The van der Waals surface area contributed by atoms with Crippen LogP contribution in [-0.4, -0.2) is 18.9 Å². The smallest absolute Gasteiger partial charge is 0.282 e. The van der Waals surface area contributed by atoms with E-state index in [-0.39, 0.29) is 11.6 Å². The number of nitrogens with zero attached hydrogens (tertiary/aromatic N) is 1. The van der Waals surface area contributed by atoms with Gasteiger partial charge in [0.25, 0.3) is 11.8 Å². The molecule has 0 bridgehead atoms. The lowest BCUT2D eigenvalue weighted by Crippen LogP contribution is -2.33. The fraction of sp³-hybridized carbons (Fsp3) is 0.154. The van der Waals surface area contributed by atoms with Crippen LogP contribution in [0.2, 0.25) is 5.02 Å². The number of hydrogen-bond acceptors (Lipinski definition) is 4. The number of imide groups is 1. The average molecular weight is 447 g/mol. The van der Waals surface area contributed by atoms with Crippen LogP contribution in [0.3, 0.4) is 0 Å². The first kappa shape index (κ1) is 21.7. The molecule has 6 heteroatoms. The summed E-state index contributed by atoms with van der Waals surface area (Å²) in [7, 11) is 1.58. The lowest BCUT2D eigenvalue weighted by Gasteiger charge is -2.18. The van der Waals surface area contributed by atoms with Gasteiger partial charge in [0.2, 0.25) is 0 Å². The van der Waals surface area contributed by atoms with Gasteiger partial charge in [0.15, 0.2) is 0 Å². The van der Waals surface area contributed by atoms with Crippen molar-refractivity contribution in [3.63, 3.8) is 0 Å². The van der Waals surface area contributed by atoms with Crippen LogP contribution in [0.15, 0.2) is 66.4 Å². The van der Waals surface area contributed by atoms with Crippen LogP contribution in [-0.2, 0) is 9.59 Å². The van der Waals surface area contributed by atoms with E-state index in [2.05, 4.69) is 5.32 Å². The van der Waals surface area contributed by atoms with E-state index in [1.54, 1.807) is 49.6 Å². The molecule has 2 amide bonds. The van der Waals surface area contributed by atoms with E-state index < -0.39 is 5.91 Å². The summed E-state index contributed by atoms with van der Waals surface area (Å²) in [5.41, 5.74) is 5.07. The highest BCUT2D eigenvalue weighted by Gasteiger charge is 2.41. The summed E-state index contributed by atoms with van der Waals surface area (Å²) >= 11 is 6.28. The summed E-state index contributed by atoms with van der Waals surface area (Å²) < 4.78 is 5.24. The number of aryl methyl sites for hydroxylation is 2. The normalized spacial score (nSPS) is 13.7. The molecule has 162 valence electrons. The number of nitrogens with one attached hydrogen (secondary N) is 1. The molecule has 0 fully saturated rings. The second-order valence-corrected chi connectivity index (χ2v) is 8.16. The number of benzene rings is 3. The maximum Gasteiger partial charge on any atom is 0.282 e. The fourth-order valence-corrected chi connectivity index (χ4v) is 4.00. The van der Waals surface area contributed by atoms with Crippen LogP contribution < -0.4 is 15.0 Å². The van der Waals surface area contributed by atoms with Gasteiger partial charge in [0.1, 0.15) is 11.4 Å². The maximum absolute atomic E-state index is 13.6. The minimum Gasteiger partial charge on any atom is -0.497 e. The molecule has 3 aromatic rings. The molecular formula is C26H23ClN2O3. The number of methoxy groups -OCH3 is 1. The molecule has 1 N–H and O–H groups in total. The summed E-state index contributed by atoms with van der Waals surface area (Å²) in [5, 5.41) is 3.76. The van der Waals surface area contributed by atoms with Gasteiger partial charge in [-0.15, -0.1) is 0 Å². The fourth-order valence-electron chi connectivity index (χ4n) is 3.82. The zero-order valence-electron chi connectivity index (χ0n) is 18.3. The SMILES string of the molecule is COc1ccc(C2=C(Nc3cccc(Cl)c3C)C(=O)N(c3ccc(C)cc3C)C2=O)cc1. The Morgan fingerprint density at radius 2 is 1.62 bits per heavy atom. The molecule has 0 unspecified atom stereocenters. The first-order valence-corrected chi connectivity index (χ1v) is 10.6. The van der Waals surface area contributed by atoms with Gasteiger partial charge in [-0.2, -0.15) is 0 Å². The number of anilines is 2. The van der Waals surface area contributed by atoms with Gasteiger partial charge in [0, 0.05) is 10.7 Å². The van der Waals surface area contributed by atoms with Crippen molar-refractivity contribution in [2.45, 2.75) is 20.8 Å². The largest absolute Gasteiger partial charge is 0.497 e. The minimum atomic E-state index is -0.410. The van der Waals surface area contributed by atoms with Crippen molar-refractivity contribution in [1.29, 1.82) is 0 Å². The molecule has 0 saturated heterocycles. The molecule has 0 aromatic heterocycles. The summed E-state index contributed by atoms with van der Waals surface area (Å²) in [6.45, 7) is 5.73. The van der Waals surface area contributed by atoms with E-state index in [1.807, 2.05) is 39.0 Å². The second kappa shape index (κ2) is 8.52. The summed E-state index contributed by atoms with van der Waals surface area (Å²) in [6, 6.07) is 18.1. The molecule has 1 aliphatic rings. The van der Waals surface area contributed by atoms with Gasteiger partial charge in [-0.05, 0) is 67.8 Å². The average Bonchev–Trinajstić information content (AvgIpc) is 3.01. The van der Waals surface area contributed by atoms with Crippen molar-refractivity contribution in [2.24, 2.45) is 0 Å². The molecule has 0 atom stereocenters. The van der Waals surface area contributed by atoms with Crippen LogP contribution in [0.1, 0.15) is 22.3 Å². The highest BCUT2D eigenvalue weighted by atomic mass is 35.5. The van der Waals surface area contributed by atoms with E-state index in [4.69, 9.17) is 16.3 Å². The third kappa shape index (κ3) is 3.76. The monoisotopic (exact) mass is 446 g/mol. The first-order chi connectivity index (χ1) is 15.3. The van der Waals surface area contributed by atoms with E-state index in [1.165, 1.54) is 4.90 Å². The molecular weight excluding hydrogens is 424 g/mol. The number of hydrogen-bond donors (Lipinski definition) is 1. The van der Waals surface area contributed by atoms with Crippen molar-refractivity contribution in [3.05, 3.63) is 93.6 Å². The van der Waals surface area contributed by atoms with Crippen LogP contribution in [0.4, 0.5) is 11.4 Å². The Balaban J connectivity index is 1.86. The zero-order chi connectivity index (χ0) is 23.0. The predicted molar refractivity (Wildman–Crippen MR) is 128 cm³/mol. The molecule has 5 nitrogen and oxygen atoms in total. The molecule has 1 aliphatic heterocycles. The molecule has 3 aromatic carbocycles. The number of rotatable bonds is 5. The van der Waals surface area contributed by atoms with Gasteiger partial charge in [0.05, 0.1) is 18.4 Å². The lowest BCUT2D eigenvalue weighted by molar-refractivity contribution is -0.120. The van der Waals surface area contributed by atoms with Crippen molar-refractivity contribution < 1.29 is 14.3 Å². The van der Waals surface area contributed by atoms with E-state index in [0.29, 0.717) is 33.3 Å². The van der Waals surface area contributed by atoms with Crippen LogP contribution >= 0.6 is 11.6 Å². The highest BCUT2D eigenvalue weighted by Crippen LogP contribution is 2.36.